The largest absolute Gasteiger partial charge is 0.481 e. The fourth-order valence-corrected chi connectivity index (χ4v) is 10.6. The molecule has 286 valence electrons. The summed E-state index contributed by atoms with van der Waals surface area (Å²) in [5.74, 6) is 1.57. The lowest BCUT2D eigenvalue weighted by atomic mass is 9.72. The number of likely N-dealkylation sites (tertiary alicyclic amines) is 2. The molecule has 2 aromatic heterocycles. The summed E-state index contributed by atoms with van der Waals surface area (Å²) in [4.78, 5) is 42.6. The topological polar surface area (TPSA) is 91.3 Å². The molecule has 3 aliphatic heterocycles. The smallest absolute Gasteiger partial charge is 0.219 e. The van der Waals surface area contributed by atoms with Crippen LogP contribution in [0.25, 0.3) is 33.6 Å². The van der Waals surface area contributed by atoms with Crippen molar-refractivity contribution < 1.29 is 19.1 Å². The summed E-state index contributed by atoms with van der Waals surface area (Å²) in [6.07, 6.45) is 3.85. The average molecular weight is 782 g/mol. The molecular formula is C43H46Cl2N6O4. The Bertz CT molecular complexity index is 2210. The van der Waals surface area contributed by atoms with E-state index in [9.17, 15) is 9.59 Å². The van der Waals surface area contributed by atoms with E-state index in [1.807, 2.05) is 46.2 Å². The van der Waals surface area contributed by atoms with Gasteiger partial charge >= 0.3 is 0 Å². The van der Waals surface area contributed by atoms with Crippen molar-refractivity contribution in [1.29, 1.82) is 0 Å². The molecule has 55 heavy (non-hydrogen) atoms. The van der Waals surface area contributed by atoms with Gasteiger partial charge in [0.25, 0.3) is 0 Å². The van der Waals surface area contributed by atoms with E-state index in [0.29, 0.717) is 21.8 Å². The van der Waals surface area contributed by atoms with Crippen LogP contribution in [0.1, 0.15) is 61.0 Å². The summed E-state index contributed by atoms with van der Waals surface area (Å²) in [5.41, 5.74) is 9.80. The number of pyridine rings is 2. The Morgan fingerprint density at radius 3 is 1.56 bits per heavy atom. The number of aryl methyl sites for hydroxylation is 2. The Hall–Kier alpha value is -4.22. The number of fused-ring (bicyclic) bond motifs is 2. The number of methoxy groups -OCH3 is 2. The summed E-state index contributed by atoms with van der Waals surface area (Å²) >= 11 is 14.6. The summed E-state index contributed by atoms with van der Waals surface area (Å²) in [5, 5.41) is 1.14. The molecule has 12 heteroatoms. The molecule has 10 nitrogen and oxygen atoms in total. The van der Waals surface area contributed by atoms with Gasteiger partial charge < -0.3 is 19.3 Å². The van der Waals surface area contributed by atoms with Crippen LogP contribution in [0.2, 0.25) is 10.0 Å². The summed E-state index contributed by atoms with van der Waals surface area (Å²) in [6, 6.07) is 16.8. The molecule has 2 aliphatic carbocycles. The predicted octanol–water partition coefficient (Wildman–Crippen LogP) is 7.10. The molecule has 2 atom stereocenters. The van der Waals surface area contributed by atoms with Crippen LogP contribution in [0.3, 0.4) is 0 Å². The highest BCUT2D eigenvalue weighted by Gasteiger charge is 2.55. The van der Waals surface area contributed by atoms with Crippen molar-refractivity contribution >= 4 is 35.0 Å². The predicted molar refractivity (Wildman–Crippen MR) is 214 cm³/mol. The monoisotopic (exact) mass is 780 g/mol. The van der Waals surface area contributed by atoms with Crippen molar-refractivity contribution in [3.05, 3.63) is 80.8 Å². The third kappa shape index (κ3) is 6.16. The average Bonchev–Trinajstić information content (AvgIpc) is 3.78. The Morgan fingerprint density at radius 2 is 1.11 bits per heavy atom. The number of amides is 2. The second kappa shape index (κ2) is 14.1. The molecular weight excluding hydrogens is 735 g/mol. The number of hydrogen-bond acceptors (Lipinski definition) is 8. The quantitative estimate of drug-likeness (QED) is 0.196. The fourth-order valence-electron chi connectivity index (χ4n) is 9.93. The van der Waals surface area contributed by atoms with Crippen LogP contribution in [0.4, 0.5) is 0 Å². The minimum atomic E-state index is 0.131. The highest BCUT2D eigenvalue weighted by molar-refractivity contribution is 6.39. The number of rotatable bonds is 7. The number of piperazine rings is 1. The highest BCUT2D eigenvalue weighted by Crippen LogP contribution is 2.51. The van der Waals surface area contributed by atoms with Crippen LogP contribution < -0.4 is 9.47 Å². The molecule has 5 aliphatic rings. The Balaban J connectivity index is 0.988. The number of carbonyl (C=O) groups excluding carboxylic acids is 2. The van der Waals surface area contributed by atoms with Gasteiger partial charge in [0.15, 0.2) is 0 Å². The van der Waals surface area contributed by atoms with Crippen LogP contribution in [0.5, 0.6) is 11.8 Å². The standard InChI is InChI=1S/C43H46Cl2N6O4/c1-25(52)48-15-17-49(18-16-48)35-13-11-27-19-33(46-41(54-3)37(27)35)31-9-5-7-29(39(31)44)30-8-6-10-32(40(30)45)34-20-28-12-14-36(38(28)42(47-34)55-4)51-23-43(24-51)21-50(22-43)26(2)53/h5-10,19-20,35-36H,11-18,21-24H2,1-4H3/t35-,36-/m0/s1. The molecule has 0 unspecified atom stereocenters. The van der Waals surface area contributed by atoms with Gasteiger partial charge in [-0.25, -0.2) is 9.97 Å². The zero-order valence-corrected chi connectivity index (χ0v) is 33.3. The van der Waals surface area contributed by atoms with Crippen molar-refractivity contribution in [3.63, 3.8) is 0 Å². The maximum absolute atomic E-state index is 11.9. The van der Waals surface area contributed by atoms with Crippen LogP contribution in [0.15, 0.2) is 48.5 Å². The van der Waals surface area contributed by atoms with E-state index >= 15 is 0 Å². The van der Waals surface area contributed by atoms with Crippen molar-refractivity contribution in [2.45, 2.75) is 51.6 Å². The number of aromatic nitrogens is 2. The van der Waals surface area contributed by atoms with Crippen molar-refractivity contribution in [2.75, 3.05) is 66.6 Å². The van der Waals surface area contributed by atoms with Gasteiger partial charge in [-0.15, -0.1) is 0 Å². The molecule has 1 spiro atoms. The van der Waals surface area contributed by atoms with Gasteiger partial charge in [-0.2, -0.15) is 0 Å². The molecule has 5 heterocycles. The van der Waals surface area contributed by atoms with E-state index in [-0.39, 0.29) is 29.3 Å². The molecule has 0 bridgehead atoms. The fraction of sp³-hybridized carbons (Fsp3) is 0.442. The summed E-state index contributed by atoms with van der Waals surface area (Å²) in [6.45, 7) is 10.1. The van der Waals surface area contributed by atoms with Gasteiger partial charge in [0.05, 0.1) is 35.7 Å². The lowest BCUT2D eigenvalue weighted by Crippen LogP contribution is -2.72. The Labute approximate surface area is 332 Å². The first-order chi connectivity index (χ1) is 26.6. The molecule has 3 saturated heterocycles. The van der Waals surface area contributed by atoms with Gasteiger partial charge in [-0.3, -0.25) is 19.4 Å². The van der Waals surface area contributed by atoms with E-state index in [2.05, 4.69) is 21.9 Å². The first kappa shape index (κ1) is 36.4. The lowest BCUT2D eigenvalue weighted by molar-refractivity contribution is -0.161. The van der Waals surface area contributed by atoms with Gasteiger partial charge in [0.1, 0.15) is 0 Å². The first-order valence-electron chi connectivity index (χ1n) is 19.3. The van der Waals surface area contributed by atoms with Crippen molar-refractivity contribution in [2.24, 2.45) is 5.41 Å². The van der Waals surface area contributed by atoms with Gasteiger partial charge in [0, 0.05) is 117 Å². The van der Waals surface area contributed by atoms with E-state index in [0.717, 1.165) is 117 Å². The third-order valence-corrected chi connectivity index (χ3v) is 13.5. The molecule has 0 saturated carbocycles. The Kier molecular flexibility index (Phi) is 9.31. The zero-order chi connectivity index (χ0) is 38.2. The minimum Gasteiger partial charge on any atom is -0.481 e. The molecule has 3 fully saturated rings. The summed E-state index contributed by atoms with van der Waals surface area (Å²) < 4.78 is 11.9. The third-order valence-electron chi connectivity index (χ3n) is 12.7. The van der Waals surface area contributed by atoms with Crippen LogP contribution in [0, 0.1) is 5.41 Å². The second-order valence-electron chi connectivity index (χ2n) is 15.9. The number of ether oxygens (including phenoxy) is 2. The number of halogens is 2. The molecule has 4 aromatic rings. The second-order valence-corrected chi connectivity index (χ2v) is 16.7. The van der Waals surface area contributed by atoms with Crippen molar-refractivity contribution in [3.8, 4) is 45.4 Å². The molecule has 2 amide bonds. The normalized spacial score (nSPS) is 21.6. The number of carbonyl (C=O) groups is 2. The summed E-state index contributed by atoms with van der Waals surface area (Å²) in [7, 11) is 3.37. The number of benzene rings is 2. The van der Waals surface area contributed by atoms with Gasteiger partial charge in [-0.1, -0.05) is 59.6 Å². The van der Waals surface area contributed by atoms with Crippen LogP contribution in [-0.2, 0) is 22.4 Å². The highest BCUT2D eigenvalue weighted by atomic mass is 35.5. The molecule has 2 aromatic carbocycles. The zero-order valence-electron chi connectivity index (χ0n) is 31.8. The molecule has 0 N–H and O–H groups in total. The maximum Gasteiger partial charge on any atom is 0.219 e. The number of nitrogens with zero attached hydrogens (tertiary/aromatic N) is 6. The van der Waals surface area contributed by atoms with Crippen molar-refractivity contribution in [1.82, 2.24) is 29.6 Å². The van der Waals surface area contributed by atoms with E-state index in [1.54, 1.807) is 28.1 Å². The SMILES string of the molecule is COc1nc(-c2cccc(-c3cccc(-c4cc5c(c(OC)n4)[C@@H](N4CC6(CN(C(C)=O)C6)C4)CC5)c3Cl)c2Cl)cc2c1[C@@H](N1CCN(C(C)=O)CC1)CC2. The van der Waals surface area contributed by atoms with Crippen LogP contribution in [-0.4, -0.2) is 108 Å². The first-order valence-corrected chi connectivity index (χ1v) is 20.1. The lowest BCUT2D eigenvalue weighted by Gasteiger charge is -2.61. The van der Waals surface area contributed by atoms with E-state index in [1.165, 1.54) is 16.7 Å². The van der Waals surface area contributed by atoms with Gasteiger partial charge in [-0.05, 0) is 48.9 Å². The van der Waals surface area contributed by atoms with Gasteiger partial charge in [0.2, 0.25) is 23.6 Å². The van der Waals surface area contributed by atoms with Crippen LogP contribution >= 0.6 is 23.2 Å². The van der Waals surface area contributed by atoms with E-state index in [4.69, 9.17) is 42.6 Å². The number of hydrogen-bond donors (Lipinski definition) is 0. The maximum atomic E-state index is 11.9. The molecule has 0 radical (unpaired) electrons. The van der Waals surface area contributed by atoms with E-state index < -0.39 is 0 Å². The Morgan fingerprint density at radius 1 is 0.655 bits per heavy atom. The minimum absolute atomic E-state index is 0.131. The molecule has 9 rings (SSSR count).